The topological polar surface area (TPSA) is 148 Å². The number of nitrogens with zero attached hydrogens (tertiary/aromatic N) is 8. The number of nitriles is 1. The molecule has 0 spiro atoms. The Bertz CT molecular complexity index is 1600. The second-order valence-electron chi connectivity index (χ2n) is 11.7. The number of aliphatic hydroxyl groups excluding tert-OH is 1. The summed E-state index contributed by atoms with van der Waals surface area (Å²) in [4.78, 5) is 31.4. The fraction of sp³-hybridized carbons (Fsp3) is 0.412. The summed E-state index contributed by atoms with van der Waals surface area (Å²) in [6.07, 6.45) is 11.1. The van der Waals surface area contributed by atoms with Crippen molar-refractivity contribution in [1.29, 1.82) is 5.26 Å². The molecular weight excluding hydrogens is 580 g/mol. The number of benzene rings is 1. The number of amides is 2. The van der Waals surface area contributed by atoms with E-state index in [1.165, 1.54) is 0 Å². The van der Waals surface area contributed by atoms with E-state index < -0.39 is 0 Å². The SMILES string of the molecule is CCC[C@@H](CCCNc1ncc(C#N)c(N2CCC(CO)C2)n1)N(C(=O)NCc1ccccc1)c1ccc(-c2cnn(C)c2)cn1. The predicted molar refractivity (Wildman–Crippen MR) is 178 cm³/mol. The van der Waals surface area contributed by atoms with E-state index in [1.807, 2.05) is 60.6 Å². The molecule has 4 aromatic rings. The zero-order valence-corrected chi connectivity index (χ0v) is 26.5. The third-order valence-electron chi connectivity index (χ3n) is 8.26. The fourth-order valence-electron chi connectivity index (χ4n) is 5.81. The highest BCUT2D eigenvalue weighted by atomic mass is 16.3. The van der Waals surface area contributed by atoms with Gasteiger partial charge in [0.15, 0.2) is 5.82 Å². The number of carbonyl (C=O) groups excluding carboxylic acids is 1. The number of carbonyl (C=O) groups is 1. The molecule has 240 valence electrons. The lowest BCUT2D eigenvalue weighted by atomic mass is 10.0. The van der Waals surface area contributed by atoms with Crippen molar-refractivity contribution in [2.24, 2.45) is 13.0 Å². The van der Waals surface area contributed by atoms with Gasteiger partial charge in [-0.15, -0.1) is 0 Å². The van der Waals surface area contributed by atoms with Gasteiger partial charge in [0.05, 0.1) is 12.4 Å². The Morgan fingerprint density at radius 3 is 2.65 bits per heavy atom. The zero-order valence-electron chi connectivity index (χ0n) is 26.5. The Morgan fingerprint density at radius 2 is 1.98 bits per heavy atom. The number of nitrogens with one attached hydrogen (secondary N) is 2. The third-order valence-corrected chi connectivity index (χ3v) is 8.26. The number of hydrogen-bond donors (Lipinski definition) is 3. The minimum atomic E-state index is -0.191. The van der Waals surface area contributed by atoms with Gasteiger partial charge in [0, 0.05) is 75.3 Å². The van der Waals surface area contributed by atoms with Crippen LogP contribution in [0.25, 0.3) is 11.1 Å². The second-order valence-corrected chi connectivity index (χ2v) is 11.7. The van der Waals surface area contributed by atoms with E-state index in [4.69, 9.17) is 4.98 Å². The first kappa shape index (κ1) is 32.4. The van der Waals surface area contributed by atoms with E-state index in [0.717, 1.165) is 55.3 Å². The Balaban J connectivity index is 1.28. The van der Waals surface area contributed by atoms with Crippen molar-refractivity contribution >= 4 is 23.6 Å². The molecule has 12 nitrogen and oxygen atoms in total. The van der Waals surface area contributed by atoms with Crippen molar-refractivity contribution in [1.82, 2.24) is 30.0 Å². The van der Waals surface area contributed by atoms with Crippen LogP contribution >= 0.6 is 0 Å². The monoisotopic (exact) mass is 622 g/mol. The average Bonchev–Trinajstić information content (AvgIpc) is 3.76. The van der Waals surface area contributed by atoms with Gasteiger partial charge in [-0.2, -0.15) is 15.3 Å². The van der Waals surface area contributed by atoms with Crippen molar-refractivity contribution in [2.75, 3.05) is 41.4 Å². The molecule has 3 N–H and O–H groups in total. The summed E-state index contributed by atoms with van der Waals surface area (Å²) >= 11 is 0. The van der Waals surface area contributed by atoms with Crippen molar-refractivity contribution in [3.8, 4) is 17.2 Å². The molecule has 2 atom stereocenters. The molecule has 0 bridgehead atoms. The summed E-state index contributed by atoms with van der Waals surface area (Å²) in [7, 11) is 1.88. The lowest BCUT2D eigenvalue weighted by molar-refractivity contribution is 0.238. The van der Waals surface area contributed by atoms with Crippen LogP contribution in [0.2, 0.25) is 0 Å². The van der Waals surface area contributed by atoms with Crippen LogP contribution in [0.15, 0.2) is 67.3 Å². The van der Waals surface area contributed by atoms with Gasteiger partial charge in [-0.25, -0.2) is 14.8 Å². The summed E-state index contributed by atoms with van der Waals surface area (Å²) in [5, 5.41) is 29.8. The number of anilines is 3. The van der Waals surface area contributed by atoms with Gasteiger partial charge in [-0.3, -0.25) is 9.58 Å². The Labute approximate surface area is 270 Å². The van der Waals surface area contributed by atoms with E-state index in [0.29, 0.717) is 42.8 Å². The first-order valence-corrected chi connectivity index (χ1v) is 15.9. The number of aryl methyl sites for hydroxylation is 1. The third kappa shape index (κ3) is 8.17. The molecule has 1 aromatic carbocycles. The Hall–Kier alpha value is -5.02. The van der Waals surface area contributed by atoms with Gasteiger partial charge >= 0.3 is 6.03 Å². The number of aliphatic hydroxyl groups is 1. The zero-order chi connectivity index (χ0) is 32.3. The Kier molecular flexibility index (Phi) is 11.1. The molecule has 0 radical (unpaired) electrons. The molecule has 1 aliphatic heterocycles. The summed E-state index contributed by atoms with van der Waals surface area (Å²) in [6, 6.07) is 15.7. The van der Waals surface area contributed by atoms with Crippen molar-refractivity contribution in [2.45, 2.75) is 51.6 Å². The molecule has 1 fully saturated rings. The van der Waals surface area contributed by atoms with E-state index in [2.05, 4.69) is 38.7 Å². The normalized spacial score (nSPS) is 14.9. The summed E-state index contributed by atoms with van der Waals surface area (Å²) < 4.78 is 1.75. The molecule has 0 aliphatic carbocycles. The van der Waals surface area contributed by atoms with E-state index in [9.17, 15) is 15.2 Å². The fourth-order valence-corrected chi connectivity index (χ4v) is 5.81. The highest BCUT2D eigenvalue weighted by Crippen LogP contribution is 2.27. The smallest absolute Gasteiger partial charge is 0.323 e. The van der Waals surface area contributed by atoms with Crippen molar-refractivity contribution in [3.05, 3.63) is 78.4 Å². The van der Waals surface area contributed by atoms with Gasteiger partial charge < -0.3 is 20.6 Å². The first-order chi connectivity index (χ1) is 22.5. The van der Waals surface area contributed by atoms with Crippen molar-refractivity contribution < 1.29 is 9.90 Å². The van der Waals surface area contributed by atoms with Crippen LogP contribution in [0.1, 0.15) is 50.2 Å². The number of pyridine rings is 1. The van der Waals surface area contributed by atoms with Gasteiger partial charge in [0.1, 0.15) is 17.5 Å². The molecule has 3 aromatic heterocycles. The van der Waals surface area contributed by atoms with Gasteiger partial charge in [-0.05, 0) is 43.4 Å². The van der Waals surface area contributed by atoms with Gasteiger partial charge in [-0.1, -0.05) is 43.7 Å². The average molecular weight is 623 g/mol. The summed E-state index contributed by atoms with van der Waals surface area (Å²) in [5.74, 6) is 1.83. The maximum Gasteiger partial charge on any atom is 0.323 e. The lowest BCUT2D eigenvalue weighted by Gasteiger charge is -2.31. The molecule has 1 aliphatic rings. The number of rotatable bonds is 14. The quantitative estimate of drug-likeness (QED) is 0.170. The molecule has 4 heterocycles. The molecule has 5 rings (SSSR count). The summed E-state index contributed by atoms with van der Waals surface area (Å²) in [6.45, 7) is 4.67. The maximum absolute atomic E-state index is 13.8. The van der Waals surface area contributed by atoms with Crippen LogP contribution in [0.5, 0.6) is 0 Å². The van der Waals surface area contributed by atoms with Gasteiger partial charge in [0.25, 0.3) is 0 Å². The van der Waals surface area contributed by atoms with Crippen LogP contribution in [0.3, 0.4) is 0 Å². The maximum atomic E-state index is 13.8. The van der Waals surface area contributed by atoms with Gasteiger partial charge in [0.2, 0.25) is 5.95 Å². The number of aromatic nitrogens is 5. The predicted octanol–water partition coefficient (Wildman–Crippen LogP) is 4.74. The van der Waals surface area contributed by atoms with E-state index >= 15 is 0 Å². The van der Waals surface area contributed by atoms with Crippen molar-refractivity contribution in [3.63, 3.8) is 0 Å². The minimum Gasteiger partial charge on any atom is -0.396 e. The Morgan fingerprint density at radius 1 is 1.13 bits per heavy atom. The van der Waals surface area contributed by atoms with E-state index in [1.54, 1.807) is 28.2 Å². The molecular formula is C34H42N10O2. The van der Waals surface area contributed by atoms with Crippen LogP contribution in [0.4, 0.5) is 22.4 Å². The highest BCUT2D eigenvalue weighted by molar-refractivity contribution is 5.91. The molecule has 1 saturated heterocycles. The molecule has 46 heavy (non-hydrogen) atoms. The standard InChI is InChI=1S/C34H42N10O2/c1-3-8-30(11-7-15-36-33-38-20-28(17-35)32(41-33)43-16-14-26(22-43)24-45)44(34(46)39-18-25-9-5-4-6-10-25)31-13-12-27(19-37-31)29-21-40-42(2)23-29/h4-6,9-10,12-13,19-21,23,26,30,45H,3,7-8,11,14-16,18,22,24H2,1-2H3,(H,39,46)(H,36,38,41)/t26?,30-/m0/s1. The van der Waals surface area contributed by atoms with Crippen LogP contribution < -0.4 is 20.4 Å². The lowest BCUT2D eigenvalue weighted by Crippen LogP contribution is -2.47. The molecule has 2 amide bonds. The van der Waals surface area contributed by atoms with E-state index in [-0.39, 0.29) is 24.6 Å². The first-order valence-electron chi connectivity index (χ1n) is 15.9. The minimum absolute atomic E-state index is 0.0863. The molecule has 1 unspecified atom stereocenters. The molecule has 12 heteroatoms. The second kappa shape index (κ2) is 15.8. The molecule has 0 saturated carbocycles. The number of urea groups is 1. The number of hydrogen-bond acceptors (Lipinski definition) is 9. The van der Waals surface area contributed by atoms with Crippen LogP contribution in [-0.2, 0) is 13.6 Å². The highest BCUT2D eigenvalue weighted by Gasteiger charge is 2.27. The van der Waals surface area contributed by atoms with Crippen LogP contribution in [0, 0.1) is 17.2 Å². The van der Waals surface area contributed by atoms with Crippen LogP contribution in [-0.4, -0.2) is 68.2 Å². The summed E-state index contributed by atoms with van der Waals surface area (Å²) in [5.41, 5.74) is 3.34. The largest absolute Gasteiger partial charge is 0.396 e.